The van der Waals surface area contributed by atoms with Crippen LogP contribution in [0.1, 0.15) is 34.5 Å². The van der Waals surface area contributed by atoms with Crippen LogP contribution in [0.3, 0.4) is 0 Å². The maximum atomic E-state index is 13.1. The van der Waals surface area contributed by atoms with Gasteiger partial charge in [0, 0.05) is 24.7 Å². The molecule has 0 aliphatic carbocycles. The fourth-order valence-corrected chi connectivity index (χ4v) is 3.55. The molecular formula is C23H23N5O. The number of nitriles is 1. The highest BCUT2D eigenvalue weighted by Crippen LogP contribution is 2.26. The molecule has 0 spiro atoms. The molecule has 29 heavy (non-hydrogen) atoms. The van der Waals surface area contributed by atoms with E-state index in [2.05, 4.69) is 11.2 Å². The van der Waals surface area contributed by atoms with Crippen LogP contribution in [0.15, 0.2) is 54.6 Å². The van der Waals surface area contributed by atoms with E-state index in [0.29, 0.717) is 24.3 Å². The number of nitrogens with two attached hydrogens (primary N) is 1. The third-order valence-electron chi connectivity index (χ3n) is 5.34. The highest BCUT2D eigenvalue weighted by Gasteiger charge is 2.25. The van der Waals surface area contributed by atoms with Crippen LogP contribution in [0.4, 0.5) is 0 Å². The molecule has 3 aromatic rings. The number of likely N-dealkylation sites (tertiary alicyclic amines) is 1. The summed E-state index contributed by atoms with van der Waals surface area (Å²) in [4.78, 5) is 14.9. The first-order valence-electron chi connectivity index (χ1n) is 9.77. The van der Waals surface area contributed by atoms with E-state index in [-0.39, 0.29) is 11.9 Å². The molecule has 0 radical (unpaired) electrons. The van der Waals surface area contributed by atoms with Crippen LogP contribution < -0.4 is 5.73 Å². The highest BCUT2D eigenvalue weighted by atomic mass is 16.2. The number of rotatable bonds is 3. The topological polar surface area (TPSA) is 87.9 Å². The van der Waals surface area contributed by atoms with E-state index in [1.807, 2.05) is 54.3 Å². The molecule has 1 saturated heterocycles. The van der Waals surface area contributed by atoms with Crippen molar-refractivity contribution in [1.82, 2.24) is 14.7 Å². The summed E-state index contributed by atoms with van der Waals surface area (Å²) in [6.07, 6.45) is 1.62. The number of carbonyl (C=O) groups excluding carboxylic acids is 1. The van der Waals surface area contributed by atoms with Crippen LogP contribution in [-0.4, -0.2) is 39.7 Å². The van der Waals surface area contributed by atoms with Crippen molar-refractivity contribution in [1.29, 1.82) is 5.26 Å². The van der Waals surface area contributed by atoms with Gasteiger partial charge in [0.15, 0.2) is 5.69 Å². The summed E-state index contributed by atoms with van der Waals surface area (Å²) in [5, 5.41) is 13.7. The molecule has 0 unspecified atom stereocenters. The maximum Gasteiger partial charge on any atom is 0.274 e. The molecule has 0 saturated carbocycles. The number of aromatic nitrogens is 2. The summed E-state index contributed by atoms with van der Waals surface area (Å²) in [6.45, 7) is 3.35. The minimum Gasteiger partial charge on any atom is -0.337 e. The van der Waals surface area contributed by atoms with Gasteiger partial charge >= 0.3 is 0 Å². The summed E-state index contributed by atoms with van der Waals surface area (Å²) >= 11 is 0. The first kappa shape index (κ1) is 18.9. The summed E-state index contributed by atoms with van der Waals surface area (Å²) in [5.41, 5.74) is 10.8. The minimum absolute atomic E-state index is 0.0716. The standard InChI is InChI=1S/C23H23N5O/c1-16-2-6-18(7-3-16)22-14-21(23(29)27-12-10-19(25)11-13-27)26-28(22)20-8-4-17(15-24)5-9-20/h2-9,14,19H,10-13,25H2,1H3. The predicted molar refractivity (Wildman–Crippen MR) is 112 cm³/mol. The Kier molecular flexibility index (Phi) is 5.15. The largest absolute Gasteiger partial charge is 0.337 e. The number of carbonyl (C=O) groups is 1. The van der Waals surface area contributed by atoms with Gasteiger partial charge in [-0.15, -0.1) is 0 Å². The van der Waals surface area contributed by atoms with E-state index < -0.39 is 0 Å². The molecule has 1 aliphatic rings. The third-order valence-corrected chi connectivity index (χ3v) is 5.34. The molecule has 1 aliphatic heterocycles. The van der Waals surface area contributed by atoms with E-state index in [9.17, 15) is 4.79 Å². The lowest BCUT2D eigenvalue weighted by atomic mass is 10.1. The smallest absolute Gasteiger partial charge is 0.274 e. The van der Waals surface area contributed by atoms with Gasteiger partial charge in [0.25, 0.3) is 5.91 Å². The van der Waals surface area contributed by atoms with Crippen LogP contribution in [0, 0.1) is 18.3 Å². The van der Waals surface area contributed by atoms with Gasteiger partial charge in [-0.05, 0) is 50.1 Å². The monoisotopic (exact) mass is 385 g/mol. The number of aryl methyl sites for hydroxylation is 1. The molecule has 146 valence electrons. The lowest BCUT2D eigenvalue weighted by Crippen LogP contribution is -2.43. The van der Waals surface area contributed by atoms with Crippen LogP contribution in [0.2, 0.25) is 0 Å². The van der Waals surface area contributed by atoms with Crippen LogP contribution in [0.25, 0.3) is 16.9 Å². The number of nitrogens with zero attached hydrogens (tertiary/aromatic N) is 4. The second-order valence-electron chi connectivity index (χ2n) is 7.48. The summed E-state index contributed by atoms with van der Waals surface area (Å²) < 4.78 is 1.77. The molecule has 4 rings (SSSR count). The van der Waals surface area contributed by atoms with Crippen molar-refractivity contribution >= 4 is 5.91 Å². The lowest BCUT2D eigenvalue weighted by molar-refractivity contribution is 0.0708. The Morgan fingerprint density at radius 2 is 1.76 bits per heavy atom. The Balaban J connectivity index is 1.74. The fraction of sp³-hybridized carbons (Fsp3) is 0.261. The maximum absolute atomic E-state index is 13.1. The zero-order valence-corrected chi connectivity index (χ0v) is 16.4. The molecule has 2 heterocycles. The first-order chi connectivity index (χ1) is 14.0. The zero-order valence-electron chi connectivity index (χ0n) is 16.4. The Hall–Kier alpha value is -3.43. The number of benzene rings is 2. The lowest BCUT2D eigenvalue weighted by Gasteiger charge is -2.29. The quantitative estimate of drug-likeness (QED) is 0.749. The van der Waals surface area contributed by atoms with Crippen LogP contribution >= 0.6 is 0 Å². The molecule has 0 atom stereocenters. The van der Waals surface area contributed by atoms with Crippen molar-refractivity contribution in [2.24, 2.45) is 5.73 Å². The van der Waals surface area contributed by atoms with Crippen molar-refractivity contribution in [2.75, 3.05) is 13.1 Å². The molecule has 1 aromatic heterocycles. The second kappa shape index (κ2) is 7.90. The summed E-state index contributed by atoms with van der Waals surface area (Å²) in [6, 6.07) is 19.5. The van der Waals surface area contributed by atoms with E-state index in [1.165, 1.54) is 5.56 Å². The fourth-order valence-electron chi connectivity index (χ4n) is 3.55. The highest BCUT2D eigenvalue weighted by molar-refractivity contribution is 5.93. The van der Waals surface area contributed by atoms with Crippen LogP contribution in [0.5, 0.6) is 0 Å². The van der Waals surface area contributed by atoms with Gasteiger partial charge in [-0.2, -0.15) is 10.4 Å². The molecule has 2 aromatic carbocycles. The number of hydrogen-bond acceptors (Lipinski definition) is 4. The minimum atomic E-state index is -0.0716. The Morgan fingerprint density at radius 3 is 2.38 bits per heavy atom. The Labute approximate surface area is 170 Å². The zero-order chi connectivity index (χ0) is 20.4. The van der Waals surface area contributed by atoms with Gasteiger partial charge in [-0.3, -0.25) is 4.79 Å². The third kappa shape index (κ3) is 3.91. The van der Waals surface area contributed by atoms with Gasteiger partial charge in [0.1, 0.15) is 0 Å². The van der Waals surface area contributed by atoms with Gasteiger partial charge in [0.05, 0.1) is 23.0 Å². The first-order valence-corrected chi connectivity index (χ1v) is 9.77. The normalized spacial score (nSPS) is 14.6. The van der Waals surface area contributed by atoms with Crippen molar-refractivity contribution in [3.63, 3.8) is 0 Å². The van der Waals surface area contributed by atoms with E-state index in [4.69, 9.17) is 11.0 Å². The van der Waals surface area contributed by atoms with Crippen molar-refractivity contribution < 1.29 is 4.79 Å². The van der Waals surface area contributed by atoms with Gasteiger partial charge in [-0.25, -0.2) is 4.68 Å². The SMILES string of the molecule is Cc1ccc(-c2cc(C(=O)N3CCC(N)CC3)nn2-c2ccc(C#N)cc2)cc1. The molecule has 0 bridgehead atoms. The van der Waals surface area contributed by atoms with Gasteiger partial charge in [0.2, 0.25) is 0 Å². The van der Waals surface area contributed by atoms with Crippen molar-refractivity contribution in [3.05, 3.63) is 71.4 Å². The number of hydrogen-bond donors (Lipinski definition) is 1. The summed E-state index contributed by atoms with van der Waals surface area (Å²) in [7, 11) is 0. The van der Waals surface area contributed by atoms with Gasteiger partial charge < -0.3 is 10.6 Å². The van der Waals surface area contributed by atoms with E-state index in [0.717, 1.165) is 29.8 Å². The molecular weight excluding hydrogens is 362 g/mol. The van der Waals surface area contributed by atoms with E-state index in [1.54, 1.807) is 16.8 Å². The molecule has 6 nitrogen and oxygen atoms in total. The average molecular weight is 385 g/mol. The predicted octanol–water partition coefficient (Wildman–Crippen LogP) is 3.28. The van der Waals surface area contributed by atoms with Crippen LogP contribution in [-0.2, 0) is 0 Å². The van der Waals surface area contributed by atoms with E-state index >= 15 is 0 Å². The molecule has 2 N–H and O–H groups in total. The van der Waals surface area contributed by atoms with Crippen molar-refractivity contribution in [3.8, 4) is 23.0 Å². The number of piperidine rings is 1. The second-order valence-corrected chi connectivity index (χ2v) is 7.48. The number of amides is 1. The Bertz CT molecular complexity index is 1050. The molecule has 1 fully saturated rings. The Morgan fingerprint density at radius 1 is 1.10 bits per heavy atom. The molecule has 1 amide bonds. The average Bonchev–Trinajstić information content (AvgIpc) is 3.20. The summed E-state index contributed by atoms with van der Waals surface area (Å²) in [5.74, 6) is -0.0716. The molecule has 6 heteroatoms. The van der Waals surface area contributed by atoms with Gasteiger partial charge in [-0.1, -0.05) is 29.8 Å². The van der Waals surface area contributed by atoms with Crippen molar-refractivity contribution in [2.45, 2.75) is 25.8 Å².